The van der Waals surface area contributed by atoms with Crippen molar-refractivity contribution in [1.82, 2.24) is 0 Å². The van der Waals surface area contributed by atoms with E-state index in [1.165, 1.54) is 10.1 Å². The van der Waals surface area contributed by atoms with Crippen LogP contribution in [0.2, 0.25) is 0 Å². The number of fused-ring (bicyclic) bond motifs is 1. The Hall–Kier alpha value is -0.620. The third-order valence-corrected chi connectivity index (χ3v) is 5.51. The van der Waals surface area contributed by atoms with Crippen LogP contribution in [0.3, 0.4) is 0 Å². The highest BCUT2D eigenvalue weighted by atomic mass is 79.9. The van der Waals surface area contributed by atoms with E-state index in [0.29, 0.717) is 4.67 Å². The number of rotatable bonds is 2. The van der Waals surface area contributed by atoms with Gasteiger partial charge < -0.3 is 10.2 Å². The smallest absolute Gasteiger partial charge is 0.174 e. The molecule has 0 fully saturated rings. The van der Waals surface area contributed by atoms with Gasteiger partial charge in [-0.1, -0.05) is 12.1 Å². The molecule has 0 aliphatic carbocycles. The van der Waals surface area contributed by atoms with Gasteiger partial charge >= 0.3 is 0 Å². The maximum atomic E-state index is 6.32. The molecule has 3 rings (SSSR count). The van der Waals surface area contributed by atoms with Crippen molar-refractivity contribution in [3.8, 4) is 0 Å². The van der Waals surface area contributed by atoms with Crippen molar-refractivity contribution in [2.45, 2.75) is 6.04 Å². The normalized spacial score (nSPS) is 13.1. The van der Waals surface area contributed by atoms with E-state index >= 15 is 0 Å². The highest BCUT2D eigenvalue weighted by Gasteiger charge is 2.18. The van der Waals surface area contributed by atoms with Crippen molar-refractivity contribution in [2.24, 2.45) is 5.73 Å². The summed E-state index contributed by atoms with van der Waals surface area (Å²) < 4.78 is 8.28. The summed E-state index contributed by atoms with van der Waals surface area (Å²) in [5.74, 6) is 0. The summed E-state index contributed by atoms with van der Waals surface area (Å²) in [6.45, 7) is 0. The van der Waals surface area contributed by atoms with E-state index in [-0.39, 0.29) is 6.04 Å². The standard InChI is InChI=1S/C13H9Br2NOS/c14-10-3-1-2-7-9(6-18-12(7)10)11(16)8-4-5-17-13(8)15/h1-6,11H,16H2. The molecular formula is C13H9Br2NOS. The quantitative estimate of drug-likeness (QED) is 0.667. The van der Waals surface area contributed by atoms with Crippen molar-refractivity contribution >= 4 is 53.3 Å². The Labute approximate surface area is 125 Å². The van der Waals surface area contributed by atoms with Gasteiger partial charge in [-0.05, 0) is 60.3 Å². The van der Waals surface area contributed by atoms with Gasteiger partial charge in [0.05, 0.1) is 12.3 Å². The summed E-state index contributed by atoms with van der Waals surface area (Å²) in [5.41, 5.74) is 8.41. The zero-order valence-electron chi connectivity index (χ0n) is 9.19. The van der Waals surface area contributed by atoms with Gasteiger partial charge in [-0.15, -0.1) is 11.3 Å². The fourth-order valence-electron chi connectivity index (χ4n) is 1.98. The van der Waals surface area contributed by atoms with E-state index in [1.807, 2.05) is 18.2 Å². The van der Waals surface area contributed by atoms with Crippen LogP contribution >= 0.6 is 43.2 Å². The number of halogens is 2. The molecule has 18 heavy (non-hydrogen) atoms. The topological polar surface area (TPSA) is 39.2 Å². The van der Waals surface area contributed by atoms with Gasteiger partial charge in [0.2, 0.25) is 0 Å². The molecule has 0 bridgehead atoms. The zero-order valence-corrected chi connectivity index (χ0v) is 13.2. The predicted molar refractivity (Wildman–Crippen MR) is 82.0 cm³/mol. The van der Waals surface area contributed by atoms with Crippen molar-refractivity contribution < 1.29 is 4.42 Å². The molecule has 5 heteroatoms. The maximum absolute atomic E-state index is 6.32. The molecule has 0 spiro atoms. The molecular weight excluding hydrogens is 378 g/mol. The molecule has 1 aromatic carbocycles. The average Bonchev–Trinajstić information content (AvgIpc) is 2.95. The molecule has 2 N–H and O–H groups in total. The van der Waals surface area contributed by atoms with Crippen LogP contribution in [0.25, 0.3) is 10.1 Å². The molecule has 0 aliphatic heterocycles. The molecule has 0 amide bonds. The van der Waals surface area contributed by atoms with Gasteiger partial charge in [-0.2, -0.15) is 0 Å². The molecule has 1 unspecified atom stereocenters. The number of furan rings is 1. The summed E-state index contributed by atoms with van der Waals surface area (Å²) in [4.78, 5) is 0. The molecule has 2 heterocycles. The first-order valence-electron chi connectivity index (χ1n) is 5.32. The summed E-state index contributed by atoms with van der Waals surface area (Å²) in [5, 5.41) is 3.30. The second-order valence-corrected chi connectivity index (χ2v) is 6.39. The van der Waals surface area contributed by atoms with Crippen LogP contribution in [0.5, 0.6) is 0 Å². The van der Waals surface area contributed by atoms with Gasteiger partial charge in [0.1, 0.15) is 0 Å². The Bertz CT molecular complexity index is 704. The SMILES string of the molecule is NC(c1ccoc1Br)c1csc2c(Br)cccc12. The number of hydrogen-bond donors (Lipinski definition) is 1. The van der Waals surface area contributed by atoms with Crippen LogP contribution in [0.4, 0.5) is 0 Å². The molecule has 0 saturated carbocycles. The molecule has 0 aliphatic rings. The number of thiophene rings is 1. The van der Waals surface area contributed by atoms with E-state index in [9.17, 15) is 0 Å². The van der Waals surface area contributed by atoms with Crippen molar-refractivity contribution in [3.63, 3.8) is 0 Å². The third kappa shape index (κ3) is 1.95. The lowest BCUT2D eigenvalue weighted by Crippen LogP contribution is -2.10. The lowest BCUT2D eigenvalue weighted by molar-refractivity contribution is 0.535. The first-order valence-corrected chi connectivity index (χ1v) is 7.79. The summed E-state index contributed by atoms with van der Waals surface area (Å²) >= 11 is 8.64. The van der Waals surface area contributed by atoms with Crippen LogP contribution in [-0.2, 0) is 0 Å². The van der Waals surface area contributed by atoms with E-state index in [1.54, 1.807) is 17.6 Å². The lowest BCUT2D eigenvalue weighted by atomic mass is 10.0. The zero-order chi connectivity index (χ0) is 12.7. The van der Waals surface area contributed by atoms with E-state index in [4.69, 9.17) is 10.2 Å². The molecule has 0 radical (unpaired) electrons. The molecule has 2 aromatic heterocycles. The summed E-state index contributed by atoms with van der Waals surface area (Å²) in [7, 11) is 0. The van der Waals surface area contributed by atoms with Crippen LogP contribution in [0.15, 0.2) is 49.5 Å². The highest BCUT2D eigenvalue weighted by molar-refractivity contribution is 9.10. The van der Waals surface area contributed by atoms with Crippen LogP contribution in [0.1, 0.15) is 17.2 Å². The third-order valence-electron chi connectivity index (χ3n) is 2.90. The minimum Gasteiger partial charge on any atom is -0.457 e. The van der Waals surface area contributed by atoms with E-state index in [0.717, 1.165) is 15.6 Å². The fraction of sp³-hybridized carbons (Fsp3) is 0.0769. The second-order valence-electron chi connectivity index (χ2n) is 3.93. The largest absolute Gasteiger partial charge is 0.457 e. The first kappa shape index (κ1) is 12.4. The van der Waals surface area contributed by atoms with Gasteiger partial charge in [-0.25, -0.2) is 0 Å². The first-order chi connectivity index (χ1) is 8.68. The Balaban J connectivity index is 2.16. The van der Waals surface area contributed by atoms with Gasteiger partial charge in [0, 0.05) is 14.7 Å². The van der Waals surface area contributed by atoms with E-state index < -0.39 is 0 Å². The van der Waals surface area contributed by atoms with Gasteiger partial charge in [0.25, 0.3) is 0 Å². The van der Waals surface area contributed by atoms with E-state index in [2.05, 4.69) is 43.3 Å². The lowest BCUT2D eigenvalue weighted by Gasteiger charge is -2.09. The van der Waals surface area contributed by atoms with Crippen LogP contribution in [0, 0.1) is 0 Å². The Morgan fingerprint density at radius 1 is 1.17 bits per heavy atom. The number of benzene rings is 1. The monoisotopic (exact) mass is 385 g/mol. The molecule has 3 aromatic rings. The Morgan fingerprint density at radius 2 is 2.00 bits per heavy atom. The molecule has 2 nitrogen and oxygen atoms in total. The minimum atomic E-state index is -0.179. The van der Waals surface area contributed by atoms with Gasteiger partial charge in [-0.3, -0.25) is 0 Å². The van der Waals surface area contributed by atoms with Crippen LogP contribution in [-0.4, -0.2) is 0 Å². The van der Waals surface area contributed by atoms with Crippen molar-refractivity contribution in [2.75, 3.05) is 0 Å². The Morgan fingerprint density at radius 3 is 2.72 bits per heavy atom. The molecule has 0 saturated heterocycles. The number of hydrogen-bond acceptors (Lipinski definition) is 3. The summed E-state index contributed by atoms with van der Waals surface area (Å²) in [6.07, 6.45) is 1.64. The molecule has 92 valence electrons. The summed E-state index contributed by atoms with van der Waals surface area (Å²) in [6, 6.07) is 7.89. The average molecular weight is 387 g/mol. The molecule has 1 atom stereocenters. The maximum Gasteiger partial charge on any atom is 0.174 e. The van der Waals surface area contributed by atoms with Crippen molar-refractivity contribution in [3.05, 3.63) is 56.2 Å². The fourth-order valence-corrected chi connectivity index (χ4v) is 4.12. The van der Waals surface area contributed by atoms with Gasteiger partial charge in [0.15, 0.2) is 4.67 Å². The number of nitrogens with two attached hydrogens (primary N) is 1. The van der Waals surface area contributed by atoms with Crippen molar-refractivity contribution in [1.29, 1.82) is 0 Å². The highest BCUT2D eigenvalue weighted by Crippen LogP contribution is 2.37. The predicted octanol–water partition coefficient (Wildman–Crippen LogP) is 5.07. The second kappa shape index (κ2) is 4.81. The Kier molecular flexibility index (Phi) is 3.32. The van der Waals surface area contributed by atoms with Crippen LogP contribution < -0.4 is 5.73 Å². The minimum absolute atomic E-state index is 0.179.